The molecule has 1 aliphatic heterocycles. The largest absolute Gasteiger partial charge is 0.490 e. The fourth-order valence-corrected chi connectivity index (χ4v) is 2.04. The lowest BCUT2D eigenvalue weighted by Gasteiger charge is -2.21. The van der Waals surface area contributed by atoms with Gasteiger partial charge in [-0.2, -0.15) is 0 Å². The molecule has 0 amide bonds. The summed E-state index contributed by atoms with van der Waals surface area (Å²) in [6.07, 6.45) is 1.26. The third-order valence-electron chi connectivity index (χ3n) is 2.65. The first-order valence-corrected chi connectivity index (χ1v) is 5.06. The van der Waals surface area contributed by atoms with Crippen molar-refractivity contribution in [2.45, 2.75) is 38.8 Å². The lowest BCUT2D eigenvalue weighted by Crippen LogP contribution is -2.29. The van der Waals surface area contributed by atoms with Crippen LogP contribution in [0.5, 0.6) is 5.75 Å². The van der Waals surface area contributed by atoms with E-state index in [9.17, 15) is 0 Å². The molecule has 1 atom stereocenters. The van der Waals surface area contributed by atoms with E-state index in [1.807, 2.05) is 26.0 Å². The van der Waals surface area contributed by atoms with E-state index in [1.54, 1.807) is 0 Å². The fraction of sp³-hybridized carbons (Fsp3) is 0.500. The molecule has 2 heteroatoms. The lowest BCUT2D eigenvalue weighted by atomic mass is 9.89. The molecule has 2 rings (SSSR count). The van der Waals surface area contributed by atoms with Gasteiger partial charge in [-0.05, 0) is 32.4 Å². The molecule has 0 spiro atoms. The number of ether oxygens (including phenoxy) is 1. The molecule has 0 aromatic heterocycles. The Bertz CT molecular complexity index is 352. The van der Waals surface area contributed by atoms with E-state index in [-0.39, 0.29) is 11.6 Å². The molecule has 1 unspecified atom stereocenters. The standard InChI is InChI=1S/C12H17NO/c1-8-7-9-10(12(2,3)13)5-4-6-11(9)14-8/h4-6,8H,7,13H2,1-3H3. The van der Waals surface area contributed by atoms with Crippen LogP contribution in [-0.4, -0.2) is 6.10 Å². The van der Waals surface area contributed by atoms with Crippen LogP contribution in [0.2, 0.25) is 0 Å². The van der Waals surface area contributed by atoms with Gasteiger partial charge in [0.15, 0.2) is 0 Å². The van der Waals surface area contributed by atoms with Crippen LogP contribution in [-0.2, 0) is 12.0 Å². The van der Waals surface area contributed by atoms with Crippen molar-refractivity contribution >= 4 is 0 Å². The SMILES string of the molecule is CC1Cc2c(cccc2C(C)(C)N)O1. The molecule has 0 radical (unpaired) electrons. The van der Waals surface area contributed by atoms with Gasteiger partial charge in [-0.1, -0.05) is 12.1 Å². The summed E-state index contributed by atoms with van der Waals surface area (Å²) < 4.78 is 5.69. The van der Waals surface area contributed by atoms with E-state index in [4.69, 9.17) is 10.5 Å². The highest BCUT2D eigenvalue weighted by atomic mass is 16.5. The molecule has 1 aromatic carbocycles. The third kappa shape index (κ3) is 1.50. The zero-order valence-corrected chi connectivity index (χ0v) is 9.00. The molecule has 2 N–H and O–H groups in total. The molecule has 2 nitrogen and oxygen atoms in total. The van der Waals surface area contributed by atoms with Gasteiger partial charge in [0.25, 0.3) is 0 Å². The summed E-state index contributed by atoms with van der Waals surface area (Å²) in [6, 6.07) is 6.13. The van der Waals surface area contributed by atoms with Gasteiger partial charge in [-0.15, -0.1) is 0 Å². The summed E-state index contributed by atoms with van der Waals surface area (Å²) >= 11 is 0. The summed E-state index contributed by atoms with van der Waals surface area (Å²) in [5, 5.41) is 0. The molecule has 0 fully saturated rings. The summed E-state index contributed by atoms with van der Waals surface area (Å²) in [5.74, 6) is 1.01. The molecular formula is C12H17NO. The second kappa shape index (κ2) is 2.99. The van der Waals surface area contributed by atoms with E-state index in [0.29, 0.717) is 0 Å². The Balaban J connectivity index is 2.50. The molecule has 1 aliphatic rings. The monoisotopic (exact) mass is 191 g/mol. The summed E-state index contributed by atoms with van der Waals surface area (Å²) in [5.41, 5.74) is 8.33. The highest BCUT2D eigenvalue weighted by Gasteiger charge is 2.26. The van der Waals surface area contributed by atoms with Crippen molar-refractivity contribution in [1.29, 1.82) is 0 Å². The summed E-state index contributed by atoms with van der Waals surface area (Å²) in [7, 11) is 0. The third-order valence-corrected chi connectivity index (χ3v) is 2.65. The Morgan fingerprint density at radius 3 is 2.79 bits per heavy atom. The van der Waals surface area contributed by atoms with E-state index in [1.165, 1.54) is 11.1 Å². The number of benzene rings is 1. The number of hydrogen-bond acceptors (Lipinski definition) is 2. The first kappa shape index (κ1) is 9.53. The predicted octanol–water partition coefficient (Wildman–Crippen LogP) is 2.20. The summed E-state index contributed by atoms with van der Waals surface area (Å²) in [4.78, 5) is 0. The van der Waals surface area contributed by atoms with Crippen molar-refractivity contribution in [3.63, 3.8) is 0 Å². The van der Waals surface area contributed by atoms with Gasteiger partial charge in [0, 0.05) is 17.5 Å². The molecule has 1 aromatic rings. The van der Waals surface area contributed by atoms with Crippen LogP contribution in [0.25, 0.3) is 0 Å². The average molecular weight is 191 g/mol. The van der Waals surface area contributed by atoms with Crippen LogP contribution in [0.1, 0.15) is 31.9 Å². The highest BCUT2D eigenvalue weighted by molar-refractivity contribution is 5.46. The van der Waals surface area contributed by atoms with Crippen LogP contribution in [0.4, 0.5) is 0 Å². The van der Waals surface area contributed by atoms with Crippen LogP contribution >= 0.6 is 0 Å². The Kier molecular flexibility index (Phi) is 2.04. The van der Waals surface area contributed by atoms with E-state index >= 15 is 0 Å². The minimum absolute atomic E-state index is 0.279. The zero-order chi connectivity index (χ0) is 10.3. The van der Waals surface area contributed by atoms with Gasteiger partial charge in [-0.3, -0.25) is 0 Å². The lowest BCUT2D eigenvalue weighted by molar-refractivity contribution is 0.254. The molecule has 14 heavy (non-hydrogen) atoms. The van der Waals surface area contributed by atoms with E-state index in [2.05, 4.69) is 13.0 Å². The minimum atomic E-state index is -0.279. The van der Waals surface area contributed by atoms with E-state index in [0.717, 1.165) is 12.2 Å². The first-order chi connectivity index (χ1) is 6.48. The van der Waals surface area contributed by atoms with E-state index < -0.39 is 0 Å². The summed E-state index contributed by atoms with van der Waals surface area (Å²) in [6.45, 7) is 6.16. The Labute approximate surface area is 85.1 Å². The molecule has 0 aliphatic carbocycles. The average Bonchev–Trinajstić information content (AvgIpc) is 2.41. The predicted molar refractivity (Wildman–Crippen MR) is 57.4 cm³/mol. The molecule has 0 saturated heterocycles. The number of rotatable bonds is 1. The quantitative estimate of drug-likeness (QED) is 0.738. The fourth-order valence-electron chi connectivity index (χ4n) is 2.04. The van der Waals surface area contributed by atoms with Gasteiger partial charge in [0.05, 0.1) is 0 Å². The first-order valence-electron chi connectivity index (χ1n) is 5.06. The molecule has 0 saturated carbocycles. The van der Waals surface area contributed by atoms with Gasteiger partial charge in [0.1, 0.15) is 11.9 Å². The molecule has 0 bridgehead atoms. The van der Waals surface area contributed by atoms with Crippen molar-refractivity contribution < 1.29 is 4.74 Å². The molecular weight excluding hydrogens is 174 g/mol. The number of nitrogens with two attached hydrogens (primary N) is 1. The normalized spacial score (nSPS) is 20.4. The Morgan fingerprint density at radius 2 is 2.14 bits per heavy atom. The number of hydrogen-bond donors (Lipinski definition) is 1. The van der Waals surface area contributed by atoms with Crippen molar-refractivity contribution in [2.24, 2.45) is 5.73 Å². The van der Waals surface area contributed by atoms with Gasteiger partial charge < -0.3 is 10.5 Å². The molecule has 1 heterocycles. The Hall–Kier alpha value is -1.02. The zero-order valence-electron chi connectivity index (χ0n) is 9.00. The number of fused-ring (bicyclic) bond motifs is 1. The second-order valence-corrected chi connectivity index (χ2v) is 4.64. The maximum Gasteiger partial charge on any atom is 0.123 e. The Morgan fingerprint density at radius 1 is 1.43 bits per heavy atom. The van der Waals surface area contributed by atoms with Crippen molar-refractivity contribution in [2.75, 3.05) is 0 Å². The second-order valence-electron chi connectivity index (χ2n) is 4.64. The van der Waals surface area contributed by atoms with Crippen LogP contribution in [0.3, 0.4) is 0 Å². The maximum atomic E-state index is 6.12. The van der Waals surface area contributed by atoms with Gasteiger partial charge >= 0.3 is 0 Å². The van der Waals surface area contributed by atoms with Gasteiger partial charge in [-0.25, -0.2) is 0 Å². The maximum absolute atomic E-state index is 6.12. The van der Waals surface area contributed by atoms with Crippen LogP contribution in [0.15, 0.2) is 18.2 Å². The molecule has 76 valence electrons. The van der Waals surface area contributed by atoms with Gasteiger partial charge in [0.2, 0.25) is 0 Å². The van der Waals surface area contributed by atoms with Crippen LogP contribution in [0, 0.1) is 0 Å². The van der Waals surface area contributed by atoms with Crippen molar-refractivity contribution in [3.05, 3.63) is 29.3 Å². The van der Waals surface area contributed by atoms with Crippen molar-refractivity contribution in [3.8, 4) is 5.75 Å². The smallest absolute Gasteiger partial charge is 0.123 e. The topological polar surface area (TPSA) is 35.2 Å². The van der Waals surface area contributed by atoms with Crippen molar-refractivity contribution in [1.82, 2.24) is 0 Å². The van der Waals surface area contributed by atoms with Crippen LogP contribution < -0.4 is 10.5 Å². The minimum Gasteiger partial charge on any atom is -0.490 e. The highest BCUT2D eigenvalue weighted by Crippen LogP contribution is 2.35.